The van der Waals surface area contributed by atoms with Gasteiger partial charge in [-0.2, -0.15) is 0 Å². The van der Waals surface area contributed by atoms with Crippen LogP contribution < -0.4 is 5.32 Å². The molecular formula is C22H22N2O5. The highest BCUT2D eigenvalue weighted by molar-refractivity contribution is 6.22. The van der Waals surface area contributed by atoms with Gasteiger partial charge in [0.25, 0.3) is 17.7 Å². The summed E-state index contributed by atoms with van der Waals surface area (Å²) in [5, 5.41) is 2.61. The third-order valence-corrected chi connectivity index (χ3v) is 4.51. The van der Waals surface area contributed by atoms with Crippen LogP contribution in [0.15, 0.2) is 54.6 Å². The number of benzene rings is 2. The number of anilines is 1. The lowest BCUT2D eigenvalue weighted by Crippen LogP contribution is -2.46. The van der Waals surface area contributed by atoms with Crippen molar-refractivity contribution in [2.24, 2.45) is 5.92 Å². The van der Waals surface area contributed by atoms with Gasteiger partial charge in [0.1, 0.15) is 6.04 Å². The van der Waals surface area contributed by atoms with Crippen molar-refractivity contribution in [3.63, 3.8) is 0 Å². The van der Waals surface area contributed by atoms with Gasteiger partial charge in [0.05, 0.1) is 11.1 Å². The Morgan fingerprint density at radius 2 is 1.48 bits per heavy atom. The van der Waals surface area contributed by atoms with Crippen LogP contribution in [0, 0.1) is 5.92 Å². The minimum atomic E-state index is -1.09. The normalized spacial score (nSPS) is 14.0. The summed E-state index contributed by atoms with van der Waals surface area (Å²) in [6.07, 6.45) is 0.241. The first-order valence-corrected chi connectivity index (χ1v) is 9.37. The first-order chi connectivity index (χ1) is 13.9. The predicted molar refractivity (Wildman–Crippen MR) is 106 cm³/mol. The Bertz CT molecular complexity index is 904. The number of hydrogen-bond donors (Lipinski definition) is 1. The molecule has 3 rings (SSSR count). The van der Waals surface area contributed by atoms with Crippen molar-refractivity contribution >= 4 is 29.4 Å². The zero-order valence-corrected chi connectivity index (χ0v) is 16.3. The molecule has 0 aliphatic carbocycles. The second-order valence-electron chi connectivity index (χ2n) is 7.19. The van der Waals surface area contributed by atoms with Crippen molar-refractivity contribution in [2.75, 3.05) is 11.9 Å². The number of carbonyl (C=O) groups is 4. The van der Waals surface area contributed by atoms with Gasteiger partial charge in [-0.25, -0.2) is 4.79 Å². The van der Waals surface area contributed by atoms with Gasteiger partial charge in [0.15, 0.2) is 6.61 Å². The number of nitrogens with zero attached hydrogens (tertiary/aromatic N) is 1. The molecule has 7 heteroatoms. The summed E-state index contributed by atoms with van der Waals surface area (Å²) in [4.78, 5) is 51.2. The molecule has 0 saturated heterocycles. The third kappa shape index (κ3) is 4.51. The van der Waals surface area contributed by atoms with Crippen LogP contribution in [0.5, 0.6) is 0 Å². The standard InChI is InChI=1S/C22H22N2O5/c1-14(2)12-18(24-20(26)16-10-6-7-11-17(16)21(24)27)22(28)29-13-19(25)23-15-8-4-3-5-9-15/h3-11,14,18H,12-13H2,1-2H3,(H,23,25). The number of nitrogens with one attached hydrogen (secondary N) is 1. The van der Waals surface area contributed by atoms with Crippen molar-refractivity contribution in [3.8, 4) is 0 Å². The van der Waals surface area contributed by atoms with E-state index in [0.717, 1.165) is 4.90 Å². The van der Waals surface area contributed by atoms with Crippen LogP contribution >= 0.6 is 0 Å². The van der Waals surface area contributed by atoms with Crippen molar-refractivity contribution in [1.29, 1.82) is 0 Å². The molecule has 1 heterocycles. The number of hydrogen-bond acceptors (Lipinski definition) is 5. The van der Waals surface area contributed by atoms with E-state index in [1.54, 1.807) is 48.5 Å². The van der Waals surface area contributed by atoms with Crippen molar-refractivity contribution in [3.05, 3.63) is 65.7 Å². The molecule has 29 heavy (non-hydrogen) atoms. The highest BCUT2D eigenvalue weighted by Gasteiger charge is 2.43. The second-order valence-corrected chi connectivity index (χ2v) is 7.19. The number of rotatable bonds is 7. The first kappa shape index (κ1) is 20.3. The smallest absolute Gasteiger partial charge is 0.329 e. The summed E-state index contributed by atoms with van der Waals surface area (Å²) in [6.45, 7) is 3.24. The Morgan fingerprint density at radius 1 is 0.931 bits per heavy atom. The fourth-order valence-electron chi connectivity index (χ4n) is 3.20. The molecule has 3 amide bonds. The fraction of sp³-hybridized carbons (Fsp3) is 0.273. The van der Waals surface area contributed by atoms with Crippen molar-refractivity contribution < 1.29 is 23.9 Å². The summed E-state index contributed by atoms with van der Waals surface area (Å²) in [5.74, 6) is -2.31. The van der Waals surface area contributed by atoms with Gasteiger partial charge in [0.2, 0.25) is 0 Å². The molecule has 1 atom stereocenters. The minimum Gasteiger partial charge on any atom is -0.454 e. The zero-order chi connectivity index (χ0) is 21.0. The largest absolute Gasteiger partial charge is 0.454 e. The Kier molecular flexibility index (Phi) is 6.07. The molecule has 0 saturated carbocycles. The Balaban J connectivity index is 1.70. The highest BCUT2D eigenvalue weighted by Crippen LogP contribution is 2.27. The van der Waals surface area contributed by atoms with Crippen LogP contribution in [0.3, 0.4) is 0 Å². The highest BCUT2D eigenvalue weighted by atomic mass is 16.5. The van der Waals surface area contributed by atoms with Crippen LogP contribution in [0.4, 0.5) is 5.69 Å². The number of carbonyl (C=O) groups excluding carboxylic acids is 4. The van der Waals surface area contributed by atoms with Crippen molar-refractivity contribution in [1.82, 2.24) is 4.90 Å². The van der Waals surface area contributed by atoms with Crippen LogP contribution in [-0.4, -0.2) is 41.2 Å². The van der Waals surface area contributed by atoms with E-state index >= 15 is 0 Å². The number of amides is 3. The van der Waals surface area contributed by atoms with Gasteiger partial charge in [-0.05, 0) is 36.6 Å². The van der Waals surface area contributed by atoms with Crippen LogP contribution in [-0.2, 0) is 14.3 Å². The van der Waals surface area contributed by atoms with E-state index in [1.165, 1.54) is 0 Å². The molecule has 0 spiro atoms. The van der Waals surface area contributed by atoms with Crippen LogP contribution in [0.2, 0.25) is 0 Å². The molecule has 0 fully saturated rings. The van der Waals surface area contributed by atoms with Crippen LogP contribution in [0.25, 0.3) is 0 Å². The molecule has 1 aliphatic rings. The van der Waals surface area contributed by atoms with Gasteiger partial charge in [0, 0.05) is 5.69 Å². The van der Waals surface area contributed by atoms with Gasteiger partial charge in [-0.3, -0.25) is 19.3 Å². The third-order valence-electron chi connectivity index (χ3n) is 4.51. The number of esters is 1. The van der Waals surface area contributed by atoms with E-state index in [0.29, 0.717) is 5.69 Å². The fourth-order valence-corrected chi connectivity index (χ4v) is 3.20. The molecule has 2 aromatic carbocycles. The molecule has 1 N–H and O–H groups in total. The first-order valence-electron chi connectivity index (χ1n) is 9.37. The zero-order valence-electron chi connectivity index (χ0n) is 16.3. The summed E-state index contributed by atoms with van der Waals surface area (Å²) in [5.41, 5.74) is 1.11. The molecule has 1 unspecified atom stereocenters. The Morgan fingerprint density at radius 3 is 2.03 bits per heavy atom. The summed E-state index contributed by atoms with van der Waals surface area (Å²) >= 11 is 0. The number of para-hydroxylation sites is 1. The summed E-state index contributed by atoms with van der Waals surface area (Å²) in [7, 11) is 0. The molecule has 0 radical (unpaired) electrons. The Hall–Kier alpha value is -3.48. The van der Waals surface area contributed by atoms with Gasteiger partial charge < -0.3 is 10.1 Å². The SMILES string of the molecule is CC(C)CC(C(=O)OCC(=O)Nc1ccccc1)N1C(=O)c2ccccc2C1=O. The lowest BCUT2D eigenvalue weighted by atomic mass is 10.0. The maximum absolute atomic E-state index is 12.7. The van der Waals surface area contributed by atoms with E-state index in [4.69, 9.17) is 4.74 Å². The van der Waals surface area contributed by atoms with E-state index < -0.39 is 36.3 Å². The maximum atomic E-state index is 12.7. The number of ether oxygens (including phenoxy) is 1. The molecular weight excluding hydrogens is 372 g/mol. The molecule has 2 aromatic rings. The molecule has 150 valence electrons. The average Bonchev–Trinajstić information content (AvgIpc) is 2.96. The number of fused-ring (bicyclic) bond motifs is 1. The van der Waals surface area contributed by atoms with Crippen LogP contribution in [0.1, 0.15) is 41.0 Å². The van der Waals surface area contributed by atoms with Gasteiger partial charge in [-0.15, -0.1) is 0 Å². The summed E-state index contributed by atoms with van der Waals surface area (Å²) in [6, 6.07) is 14.1. The molecule has 7 nitrogen and oxygen atoms in total. The lowest BCUT2D eigenvalue weighted by molar-refractivity contribution is -0.151. The van der Waals surface area contributed by atoms with Crippen molar-refractivity contribution in [2.45, 2.75) is 26.3 Å². The molecule has 0 bridgehead atoms. The second kappa shape index (κ2) is 8.68. The topological polar surface area (TPSA) is 92.8 Å². The quantitative estimate of drug-likeness (QED) is 0.576. The minimum absolute atomic E-state index is 0.0232. The Labute approximate surface area is 168 Å². The van der Waals surface area contributed by atoms with Gasteiger partial charge in [-0.1, -0.05) is 44.2 Å². The molecule has 0 aromatic heterocycles. The molecule has 1 aliphatic heterocycles. The maximum Gasteiger partial charge on any atom is 0.329 e. The summed E-state index contributed by atoms with van der Waals surface area (Å²) < 4.78 is 5.15. The predicted octanol–water partition coefficient (Wildman–Crippen LogP) is 2.88. The van der Waals surface area contributed by atoms with E-state index in [9.17, 15) is 19.2 Å². The van der Waals surface area contributed by atoms with E-state index in [2.05, 4.69) is 5.32 Å². The van der Waals surface area contributed by atoms with E-state index in [-0.39, 0.29) is 23.5 Å². The average molecular weight is 394 g/mol. The lowest BCUT2D eigenvalue weighted by Gasteiger charge is -2.25. The number of imide groups is 1. The van der Waals surface area contributed by atoms with Gasteiger partial charge >= 0.3 is 5.97 Å². The van der Waals surface area contributed by atoms with E-state index in [1.807, 2.05) is 19.9 Å². The monoisotopic (exact) mass is 394 g/mol.